The lowest BCUT2D eigenvalue weighted by molar-refractivity contribution is 0.0697. The van der Waals surface area contributed by atoms with E-state index in [0.29, 0.717) is 10.6 Å². The summed E-state index contributed by atoms with van der Waals surface area (Å²) in [6.07, 6.45) is 0. The van der Waals surface area contributed by atoms with E-state index in [0.717, 1.165) is 16.7 Å². The van der Waals surface area contributed by atoms with E-state index in [-0.39, 0.29) is 11.4 Å². The molecule has 0 amide bonds. The fraction of sp³-hybridized carbons (Fsp3) is 0.133. The fourth-order valence-electron chi connectivity index (χ4n) is 2.19. The van der Waals surface area contributed by atoms with Crippen LogP contribution in [0.2, 0.25) is 5.02 Å². The van der Waals surface area contributed by atoms with Crippen LogP contribution in [0, 0.1) is 19.7 Å². The second-order valence-electron chi connectivity index (χ2n) is 4.41. The Hall–Kier alpha value is -1.87. The molecule has 0 aromatic heterocycles. The molecule has 2 aromatic rings. The number of benzene rings is 2. The molecule has 2 nitrogen and oxygen atoms in total. The van der Waals surface area contributed by atoms with Crippen LogP contribution in [0.4, 0.5) is 4.39 Å². The Bertz CT molecular complexity index is 642. The Morgan fingerprint density at radius 1 is 1.16 bits per heavy atom. The van der Waals surface area contributed by atoms with Crippen LogP contribution in [0.3, 0.4) is 0 Å². The predicted octanol–water partition coefficient (Wildman–Crippen LogP) is 4.46. The van der Waals surface area contributed by atoms with E-state index >= 15 is 0 Å². The van der Waals surface area contributed by atoms with Gasteiger partial charge in [-0.2, -0.15) is 0 Å². The zero-order valence-electron chi connectivity index (χ0n) is 10.5. The zero-order valence-corrected chi connectivity index (χ0v) is 11.3. The minimum absolute atomic E-state index is 0.155. The van der Waals surface area contributed by atoms with Gasteiger partial charge in [-0.1, -0.05) is 11.6 Å². The number of aryl methyl sites for hydroxylation is 2. The molecule has 98 valence electrons. The molecule has 0 bridgehead atoms. The molecule has 2 aromatic carbocycles. The summed E-state index contributed by atoms with van der Waals surface area (Å²) in [6, 6.07) is 7.32. The van der Waals surface area contributed by atoms with E-state index in [1.165, 1.54) is 24.3 Å². The minimum atomic E-state index is -1.02. The van der Waals surface area contributed by atoms with Crippen molar-refractivity contribution in [1.82, 2.24) is 0 Å². The van der Waals surface area contributed by atoms with Gasteiger partial charge in [-0.05, 0) is 60.9 Å². The molecule has 0 heterocycles. The molecule has 0 aliphatic rings. The SMILES string of the molecule is Cc1cc(F)cc(C)c1-c1cc(C(=O)O)ccc1Cl. The van der Waals surface area contributed by atoms with Gasteiger partial charge in [0.25, 0.3) is 0 Å². The van der Waals surface area contributed by atoms with Crippen LogP contribution in [0.1, 0.15) is 21.5 Å². The third-order valence-electron chi connectivity index (χ3n) is 2.98. The van der Waals surface area contributed by atoms with Crippen LogP contribution < -0.4 is 0 Å². The Balaban J connectivity index is 2.71. The maximum absolute atomic E-state index is 13.3. The Labute approximate surface area is 115 Å². The smallest absolute Gasteiger partial charge is 0.335 e. The largest absolute Gasteiger partial charge is 0.478 e. The van der Waals surface area contributed by atoms with E-state index < -0.39 is 5.97 Å². The molecule has 0 unspecified atom stereocenters. The number of carboxylic acids is 1. The molecule has 2 rings (SSSR count). The summed E-state index contributed by atoms with van der Waals surface area (Å²) in [7, 11) is 0. The summed E-state index contributed by atoms with van der Waals surface area (Å²) >= 11 is 6.13. The van der Waals surface area contributed by atoms with Gasteiger partial charge < -0.3 is 5.11 Å². The van der Waals surface area contributed by atoms with E-state index in [9.17, 15) is 9.18 Å². The first-order valence-corrected chi connectivity index (χ1v) is 6.08. The van der Waals surface area contributed by atoms with Gasteiger partial charge in [0.05, 0.1) is 5.56 Å². The van der Waals surface area contributed by atoms with E-state index in [4.69, 9.17) is 16.7 Å². The lowest BCUT2D eigenvalue weighted by Crippen LogP contribution is -1.98. The van der Waals surface area contributed by atoms with Crippen molar-refractivity contribution in [3.63, 3.8) is 0 Å². The van der Waals surface area contributed by atoms with Crippen LogP contribution in [0.15, 0.2) is 30.3 Å². The summed E-state index contributed by atoms with van der Waals surface area (Å²) in [5, 5.41) is 9.47. The minimum Gasteiger partial charge on any atom is -0.478 e. The maximum Gasteiger partial charge on any atom is 0.335 e. The van der Waals surface area contributed by atoms with Crippen molar-refractivity contribution in [2.24, 2.45) is 0 Å². The van der Waals surface area contributed by atoms with Gasteiger partial charge in [-0.15, -0.1) is 0 Å². The lowest BCUT2D eigenvalue weighted by atomic mass is 9.94. The molecule has 0 radical (unpaired) electrons. The molecule has 0 saturated carbocycles. The van der Waals surface area contributed by atoms with Crippen molar-refractivity contribution >= 4 is 17.6 Å². The first-order chi connectivity index (χ1) is 8.90. The van der Waals surface area contributed by atoms with Gasteiger partial charge in [0.15, 0.2) is 0 Å². The normalized spacial score (nSPS) is 10.5. The van der Waals surface area contributed by atoms with Crippen molar-refractivity contribution in [1.29, 1.82) is 0 Å². The third kappa shape index (κ3) is 2.61. The highest BCUT2D eigenvalue weighted by Crippen LogP contribution is 2.34. The quantitative estimate of drug-likeness (QED) is 0.880. The van der Waals surface area contributed by atoms with Gasteiger partial charge in [0.2, 0.25) is 0 Å². The average molecular weight is 279 g/mol. The summed E-state index contributed by atoms with van der Waals surface area (Å²) in [6.45, 7) is 3.55. The van der Waals surface area contributed by atoms with Crippen molar-refractivity contribution < 1.29 is 14.3 Å². The Morgan fingerprint density at radius 2 is 1.74 bits per heavy atom. The van der Waals surface area contributed by atoms with Gasteiger partial charge in [-0.3, -0.25) is 0 Å². The standard InChI is InChI=1S/C15H12ClFO2/c1-8-5-11(17)6-9(2)14(8)12-7-10(15(18)19)3-4-13(12)16/h3-7H,1-2H3,(H,18,19). The van der Waals surface area contributed by atoms with Crippen molar-refractivity contribution in [3.05, 3.63) is 57.9 Å². The molecule has 0 saturated heterocycles. The lowest BCUT2D eigenvalue weighted by Gasteiger charge is -2.12. The molecule has 0 aliphatic heterocycles. The summed E-state index contributed by atoms with van der Waals surface area (Å²) in [5.41, 5.74) is 2.98. The number of hydrogen-bond donors (Lipinski definition) is 1. The van der Waals surface area contributed by atoms with Crippen molar-refractivity contribution in [3.8, 4) is 11.1 Å². The van der Waals surface area contributed by atoms with Gasteiger partial charge in [-0.25, -0.2) is 9.18 Å². The number of carbonyl (C=O) groups is 1. The molecule has 0 fully saturated rings. The van der Waals surface area contributed by atoms with Crippen LogP contribution in [-0.4, -0.2) is 11.1 Å². The maximum atomic E-state index is 13.3. The number of aromatic carboxylic acids is 1. The monoisotopic (exact) mass is 278 g/mol. The first kappa shape index (κ1) is 13.6. The molecule has 4 heteroatoms. The molecule has 1 N–H and O–H groups in total. The fourth-order valence-corrected chi connectivity index (χ4v) is 2.40. The van der Waals surface area contributed by atoms with Crippen LogP contribution in [0.25, 0.3) is 11.1 Å². The van der Waals surface area contributed by atoms with Gasteiger partial charge in [0, 0.05) is 10.6 Å². The summed E-state index contributed by atoms with van der Waals surface area (Å²) < 4.78 is 13.3. The third-order valence-corrected chi connectivity index (χ3v) is 3.31. The van der Waals surface area contributed by atoms with Crippen molar-refractivity contribution in [2.75, 3.05) is 0 Å². The molecule has 0 aliphatic carbocycles. The predicted molar refractivity (Wildman–Crippen MR) is 73.3 cm³/mol. The average Bonchev–Trinajstić information content (AvgIpc) is 2.29. The summed E-state index contributed by atoms with van der Waals surface area (Å²) in [4.78, 5) is 11.0. The van der Waals surface area contributed by atoms with Crippen LogP contribution >= 0.6 is 11.6 Å². The number of halogens is 2. The Morgan fingerprint density at radius 3 is 2.26 bits per heavy atom. The first-order valence-electron chi connectivity index (χ1n) is 5.70. The molecular weight excluding hydrogens is 267 g/mol. The second kappa shape index (κ2) is 5.02. The van der Waals surface area contributed by atoms with Gasteiger partial charge in [0.1, 0.15) is 5.82 Å². The second-order valence-corrected chi connectivity index (χ2v) is 4.82. The number of rotatable bonds is 2. The number of carboxylic acid groups (broad SMARTS) is 1. The van der Waals surface area contributed by atoms with Gasteiger partial charge >= 0.3 is 5.97 Å². The Kier molecular flexibility index (Phi) is 3.58. The van der Waals surface area contributed by atoms with Crippen LogP contribution in [-0.2, 0) is 0 Å². The van der Waals surface area contributed by atoms with E-state index in [1.807, 2.05) is 0 Å². The zero-order chi connectivity index (χ0) is 14.2. The molecular formula is C15H12ClFO2. The molecule has 0 atom stereocenters. The van der Waals surface area contributed by atoms with E-state index in [2.05, 4.69) is 0 Å². The summed E-state index contributed by atoms with van der Waals surface area (Å²) in [5.74, 6) is -1.33. The highest BCUT2D eigenvalue weighted by Gasteiger charge is 2.13. The highest BCUT2D eigenvalue weighted by molar-refractivity contribution is 6.33. The molecule has 0 spiro atoms. The molecule has 19 heavy (non-hydrogen) atoms. The van der Waals surface area contributed by atoms with E-state index in [1.54, 1.807) is 19.9 Å². The van der Waals surface area contributed by atoms with Crippen molar-refractivity contribution in [2.45, 2.75) is 13.8 Å². The number of hydrogen-bond acceptors (Lipinski definition) is 1. The highest BCUT2D eigenvalue weighted by atomic mass is 35.5. The topological polar surface area (TPSA) is 37.3 Å². The van der Waals surface area contributed by atoms with Crippen LogP contribution in [0.5, 0.6) is 0 Å².